The summed E-state index contributed by atoms with van der Waals surface area (Å²) in [7, 11) is 0. The van der Waals surface area contributed by atoms with Crippen LogP contribution in [0.2, 0.25) is 0 Å². The molecule has 0 aliphatic rings. The lowest BCUT2D eigenvalue weighted by Gasteiger charge is -2.25. The first kappa shape index (κ1) is 23.7. The van der Waals surface area contributed by atoms with Crippen LogP contribution in [-0.4, -0.2) is 34.4 Å². The van der Waals surface area contributed by atoms with E-state index in [0.717, 1.165) is 11.8 Å². The number of hydrogen-bond donors (Lipinski definition) is 1. The first-order chi connectivity index (χ1) is 12.7. The second-order valence-electron chi connectivity index (χ2n) is 8.14. The second-order valence-corrected chi connectivity index (χ2v) is 9.19. The number of aromatic nitrogens is 1. The van der Waals surface area contributed by atoms with E-state index in [1.54, 1.807) is 41.5 Å². The van der Waals surface area contributed by atoms with E-state index >= 15 is 0 Å². The molecule has 0 spiro atoms. The standard InChI is InChI=1S/C19H28N2O6S/c1-18(2,3)26-15(22)8-7-14(16(23)27-19(4,5)6)20-17(24)28-13-9-11-21(25)12-10-13/h9-12,14H,7-8H2,1-6H3,(H,20,24)/t14-/m0/s1. The van der Waals surface area contributed by atoms with E-state index in [0.29, 0.717) is 9.63 Å². The highest BCUT2D eigenvalue weighted by Crippen LogP contribution is 2.19. The summed E-state index contributed by atoms with van der Waals surface area (Å²) in [5.41, 5.74) is -1.37. The molecule has 0 aromatic carbocycles. The van der Waals surface area contributed by atoms with Crippen LogP contribution in [0, 0.1) is 5.21 Å². The van der Waals surface area contributed by atoms with Gasteiger partial charge in [-0.25, -0.2) is 4.79 Å². The minimum absolute atomic E-state index is 0.0471. The quantitative estimate of drug-likeness (QED) is 0.331. The number of amides is 1. The van der Waals surface area contributed by atoms with E-state index in [-0.39, 0.29) is 12.8 Å². The third-order valence-corrected chi connectivity index (χ3v) is 3.83. The largest absolute Gasteiger partial charge is 0.619 e. The van der Waals surface area contributed by atoms with Crippen molar-refractivity contribution in [2.24, 2.45) is 0 Å². The lowest BCUT2D eigenvalue weighted by molar-refractivity contribution is -0.605. The van der Waals surface area contributed by atoms with Gasteiger partial charge in [0.15, 0.2) is 12.4 Å². The molecule has 0 aliphatic heterocycles. The molecule has 0 bridgehead atoms. The molecule has 156 valence electrons. The number of hydrogen-bond acceptors (Lipinski definition) is 7. The van der Waals surface area contributed by atoms with Crippen LogP contribution in [0.15, 0.2) is 29.4 Å². The van der Waals surface area contributed by atoms with Gasteiger partial charge in [-0.05, 0) is 59.7 Å². The second kappa shape index (κ2) is 9.77. The Labute approximate surface area is 169 Å². The van der Waals surface area contributed by atoms with Crippen LogP contribution in [0.1, 0.15) is 54.4 Å². The van der Waals surface area contributed by atoms with Crippen molar-refractivity contribution >= 4 is 28.9 Å². The van der Waals surface area contributed by atoms with Crippen molar-refractivity contribution in [1.29, 1.82) is 0 Å². The predicted molar refractivity (Wildman–Crippen MR) is 105 cm³/mol. The zero-order valence-electron chi connectivity index (χ0n) is 17.1. The van der Waals surface area contributed by atoms with Crippen LogP contribution in [0.3, 0.4) is 0 Å². The molecule has 9 heteroatoms. The molecule has 28 heavy (non-hydrogen) atoms. The molecule has 0 unspecified atom stereocenters. The van der Waals surface area contributed by atoms with Crippen molar-refractivity contribution in [2.75, 3.05) is 0 Å². The monoisotopic (exact) mass is 412 g/mol. The van der Waals surface area contributed by atoms with E-state index in [1.165, 1.54) is 24.5 Å². The average molecular weight is 413 g/mol. The van der Waals surface area contributed by atoms with Gasteiger partial charge in [-0.15, -0.1) is 0 Å². The lowest BCUT2D eigenvalue weighted by atomic mass is 10.1. The number of carbonyl (C=O) groups excluding carboxylic acids is 3. The summed E-state index contributed by atoms with van der Waals surface area (Å²) in [5, 5.41) is 13.1. The van der Waals surface area contributed by atoms with Gasteiger partial charge in [-0.3, -0.25) is 9.59 Å². The number of thioether (sulfide) groups is 1. The van der Waals surface area contributed by atoms with Gasteiger partial charge in [-0.1, -0.05) is 0 Å². The van der Waals surface area contributed by atoms with Gasteiger partial charge in [0, 0.05) is 23.4 Å². The van der Waals surface area contributed by atoms with E-state index in [2.05, 4.69) is 5.32 Å². The van der Waals surface area contributed by atoms with Crippen molar-refractivity contribution in [3.63, 3.8) is 0 Å². The van der Waals surface area contributed by atoms with Crippen molar-refractivity contribution < 1.29 is 28.6 Å². The third kappa shape index (κ3) is 10.1. The zero-order chi connectivity index (χ0) is 21.5. The summed E-state index contributed by atoms with van der Waals surface area (Å²) in [6.07, 6.45) is 2.53. The first-order valence-corrected chi connectivity index (χ1v) is 9.69. The van der Waals surface area contributed by atoms with Crippen LogP contribution in [0.5, 0.6) is 0 Å². The Morgan fingerprint density at radius 2 is 1.61 bits per heavy atom. The van der Waals surface area contributed by atoms with Crippen LogP contribution < -0.4 is 10.0 Å². The normalized spacial score (nSPS) is 12.8. The SMILES string of the molecule is CC(C)(C)OC(=O)CC[C@H](NC(=O)Sc1cc[n+]([O-])cc1)C(=O)OC(C)(C)C. The van der Waals surface area contributed by atoms with Gasteiger partial charge in [0.05, 0.1) is 0 Å². The predicted octanol–water partition coefficient (Wildman–Crippen LogP) is 2.95. The Bertz CT molecular complexity index is 692. The van der Waals surface area contributed by atoms with Gasteiger partial charge in [0.1, 0.15) is 17.2 Å². The third-order valence-electron chi connectivity index (χ3n) is 3.02. The maximum Gasteiger partial charge on any atom is 0.329 e. The summed E-state index contributed by atoms with van der Waals surface area (Å²) >= 11 is 0.834. The Kier molecular flexibility index (Phi) is 8.29. The Hall–Kier alpha value is -2.29. The molecule has 1 aromatic rings. The van der Waals surface area contributed by atoms with Gasteiger partial charge < -0.3 is 20.0 Å². The van der Waals surface area contributed by atoms with Crippen molar-refractivity contribution in [3.05, 3.63) is 29.7 Å². The minimum Gasteiger partial charge on any atom is -0.619 e. The van der Waals surface area contributed by atoms with Gasteiger partial charge in [0.2, 0.25) is 0 Å². The molecule has 1 N–H and O–H groups in total. The highest BCUT2D eigenvalue weighted by Gasteiger charge is 2.28. The average Bonchev–Trinajstić information content (AvgIpc) is 2.50. The van der Waals surface area contributed by atoms with Crippen molar-refractivity contribution in [3.8, 4) is 0 Å². The molecule has 0 fully saturated rings. The molecule has 0 saturated heterocycles. The molecule has 8 nitrogen and oxygen atoms in total. The summed E-state index contributed by atoms with van der Waals surface area (Å²) < 4.78 is 11.2. The fourth-order valence-electron chi connectivity index (χ4n) is 2.02. The minimum atomic E-state index is -1.00. The van der Waals surface area contributed by atoms with Crippen LogP contribution in [0.25, 0.3) is 0 Å². The van der Waals surface area contributed by atoms with Crippen LogP contribution in [0.4, 0.5) is 4.79 Å². The molecule has 0 radical (unpaired) electrons. The highest BCUT2D eigenvalue weighted by atomic mass is 32.2. The molecular weight excluding hydrogens is 384 g/mol. The number of nitrogens with zero attached hydrogens (tertiary/aromatic N) is 1. The molecule has 1 rings (SSSR count). The van der Waals surface area contributed by atoms with Crippen molar-refractivity contribution in [2.45, 2.75) is 76.5 Å². The summed E-state index contributed by atoms with van der Waals surface area (Å²) in [6.45, 7) is 10.4. The lowest BCUT2D eigenvalue weighted by Crippen LogP contribution is -2.43. The Morgan fingerprint density at radius 3 is 2.11 bits per heavy atom. The fourth-order valence-corrected chi connectivity index (χ4v) is 2.70. The molecule has 0 saturated carbocycles. The number of nitrogens with one attached hydrogen (secondary N) is 1. The smallest absolute Gasteiger partial charge is 0.329 e. The molecule has 0 aliphatic carbocycles. The molecular formula is C19H28N2O6S. The Morgan fingerprint density at radius 1 is 1.07 bits per heavy atom. The fraction of sp³-hybridized carbons (Fsp3) is 0.579. The molecule has 1 aromatic heterocycles. The van der Waals surface area contributed by atoms with E-state index in [4.69, 9.17) is 9.47 Å². The van der Waals surface area contributed by atoms with Crippen LogP contribution in [-0.2, 0) is 19.1 Å². The molecule has 1 amide bonds. The topological polar surface area (TPSA) is 109 Å². The number of carbonyl (C=O) groups is 3. The number of esters is 2. The molecule has 1 atom stereocenters. The highest BCUT2D eigenvalue weighted by molar-refractivity contribution is 8.13. The van der Waals surface area contributed by atoms with Crippen LogP contribution >= 0.6 is 11.8 Å². The van der Waals surface area contributed by atoms with Gasteiger partial charge in [0.25, 0.3) is 5.24 Å². The van der Waals surface area contributed by atoms with Gasteiger partial charge in [-0.2, -0.15) is 4.73 Å². The maximum atomic E-state index is 12.4. The number of ether oxygens (including phenoxy) is 2. The summed E-state index contributed by atoms with van der Waals surface area (Å²) in [6, 6.07) is 1.97. The number of rotatable bonds is 6. The summed E-state index contributed by atoms with van der Waals surface area (Å²) in [4.78, 5) is 37.2. The van der Waals surface area contributed by atoms with E-state index in [9.17, 15) is 19.6 Å². The molecule has 1 heterocycles. The first-order valence-electron chi connectivity index (χ1n) is 8.87. The Balaban J connectivity index is 2.76. The number of pyridine rings is 1. The maximum absolute atomic E-state index is 12.4. The zero-order valence-corrected chi connectivity index (χ0v) is 17.9. The van der Waals surface area contributed by atoms with E-state index < -0.39 is 34.4 Å². The summed E-state index contributed by atoms with van der Waals surface area (Å²) in [5.74, 6) is -1.10. The van der Waals surface area contributed by atoms with E-state index in [1.807, 2.05) is 0 Å². The van der Waals surface area contributed by atoms with Gasteiger partial charge >= 0.3 is 11.9 Å². The van der Waals surface area contributed by atoms with Crippen molar-refractivity contribution in [1.82, 2.24) is 5.32 Å².